The van der Waals surface area contributed by atoms with Crippen LogP contribution in [0.5, 0.6) is 0 Å². The Morgan fingerprint density at radius 3 is 2.41 bits per heavy atom. The molecule has 1 heterocycles. The van der Waals surface area contributed by atoms with Crippen molar-refractivity contribution >= 4 is 21.6 Å². The fourth-order valence-corrected chi connectivity index (χ4v) is 4.11. The van der Waals surface area contributed by atoms with Crippen molar-refractivity contribution in [1.82, 2.24) is 4.90 Å². The van der Waals surface area contributed by atoms with Crippen LogP contribution in [0, 0.1) is 6.92 Å². The fourth-order valence-electron chi connectivity index (χ4n) is 2.95. The van der Waals surface area contributed by atoms with Crippen molar-refractivity contribution < 1.29 is 13.2 Å². The van der Waals surface area contributed by atoms with E-state index in [4.69, 9.17) is 0 Å². The van der Waals surface area contributed by atoms with Gasteiger partial charge in [-0.15, -0.1) is 0 Å². The fraction of sp³-hybridized carbons (Fsp3) is 0.562. The molecule has 22 heavy (non-hydrogen) atoms. The summed E-state index contributed by atoms with van der Waals surface area (Å²) in [5, 5.41) is 0. The average Bonchev–Trinajstić information content (AvgIpc) is 2.46. The van der Waals surface area contributed by atoms with Gasteiger partial charge in [0.1, 0.15) is 6.04 Å². The minimum Gasteiger partial charge on any atom is -0.341 e. The Labute approximate surface area is 133 Å². The SMILES string of the molecule is Cc1cccc(N([C@H](C)C(=O)N2CCCCC2)S(C)(=O)=O)c1. The van der Waals surface area contributed by atoms with Gasteiger partial charge in [-0.3, -0.25) is 9.10 Å². The van der Waals surface area contributed by atoms with Crippen molar-refractivity contribution in [3.05, 3.63) is 29.8 Å². The van der Waals surface area contributed by atoms with E-state index in [1.165, 1.54) is 4.31 Å². The van der Waals surface area contributed by atoms with Gasteiger partial charge in [0.15, 0.2) is 0 Å². The average molecular weight is 324 g/mol. The van der Waals surface area contributed by atoms with Crippen molar-refractivity contribution in [3.63, 3.8) is 0 Å². The number of carbonyl (C=O) groups excluding carboxylic acids is 1. The third kappa shape index (κ3) is 3.80. The molecule has 1 aromatic carbocycles. The van der Waals surface area contributed by atoms with Gasteiger partial charge in [-0.1, -0.05) is 12.1 Å². The Morgan fingerprint density at radius 1 is 1.23 bits per heavy atom. The van der Waals surface area contributed by atoms with E-state index >= 15 is 0 Å². The minimum atomic E-state index is -3.53. The molecule has 5 nitrogen and oxygen atoms in total. The zero-order valence-electron chi connectivity index (χ0n) is 13.4. The van der Waals surface area contributed by atoms with Crippen molar-refractivity contribution in [2.75, 3.05) is 23.7 Å². The van der Waals surface area contributed by atoms with E-state index in [2.05, 4.69) is 0 Å². The molecule has 0 radical (unpaired) electrons. The molecule has 6 heteroatoms. The van der Waals surface area contributed by atoms with E-state index in [-0.39, 0.29) is 5.91 Å². The minimum absolute atomic E-state index is 0.119. The molecule has 0 aliphatic carbocycles. The molecule has 1 aliphatic heterocycles. The van der Waals surface area contributed by atoms with Gasteiger partial charge in [0, 0.05) is 13.1 Å². The standard InChI is InChI=1S/C16H24N2O3S/c1-13-8-7-9-15(12-13)18(22(3,20)21)14(2)16(19)17-10-5-4-6-11-17/h7-9,12,14H,4-6,10-11H2,1-3H3/t14-/m1/s1. The molecule has 0 bridgehead atoms. The predicted molar refractivity (Wildman–Crippen MR) is 88.4 cm³/mol. The second-order valence-electron chi connectivity index (χ2n) is 5.96. The van der Waals surface area contributed by atoms with Gasteiger partial charge in [-0.2, -0.15) is 0 Å². The van der Waals surface area contributed by atoms with E-state index in [0.717, 1.165) is 31.1 Å². The molecule has 122 valence electrons. The first-order valence-electron chi connectivity index (χ1n) is 7.65. The van der Waals surface area contributed by atoms with E-state index in [0.29, 0.717) is 18.8 Å². The number of nitrogens with zero attached hydrogens (tertiary/aromatic N) is 2. The van der Waals surface area contributed by atoms with Crippen LogP contribution in [0.2, 0.25) is 0 Å². The van der Waals surface area contributed by atoms with Crippen LogP contribution in [0.1, 0.15) is 31.7 Å². The predicted octanol–water partition coefficient (Wildman–Crippen LogP) is 2.16. The number of piperidine rings is 1. The van der Waals surface area contributed by atoms with Crippen LogP contribution in [0.25, 0.3) is 0 Å². The van der Waals surface area contributed by atoms with Crippen molar-refractivity contribution in [3.8, 4) is 0 Å². The summed E-state index contributed by atoms with van der Waals surface area (Å²) in [6.45, 7) is 5.00. The monoisotopic (exact) mass is 324 g/mol. The number of hydrogen-bond donors (Lipinski definition) is 0. The van der Waals surface area contributed by atoms with Crippen molar-refractivity contribution in [2.45, 2.75) is 39.2 Å². The lowest BCUT2D eigenvalue weighted by atomic mass is 10.1. The zero-order valence-corrected chi connectivity index (χ0v) is 14.3. The number of aryl methyl sites for hydroxylation is 1. The van der Waals surface area contributed by atoms with Crippen LogP contribution >= 0.6 is 0 Å². The molecular formula is C16H24N2O3S. The normalized spacial score (nSPS) is 17.1. The lowest BCUT2D eigenvalue weighted by molar-refractivity contribution is -0.132. The zero-order chi connectivity index (χ0) is 16.3. The first-order valence-corrected chi connectivity index (χ1v) is 9.50. The maximum Gasteiger partial charge on any atom is 0.246 e. The molecule has 0 aromatic heterocycles. The molecule has 2 rings (SSSR count). The summed E-state index contributed by atoms with van der Waals surface area (Å²) in [5.74, 6) is -0.119. The molecule has 1 aliphatic rings. The van der Waals surface area contributed by atoms with Crippen LogP contribution in [-0.4, -0.2) is 44.6 Å². The quantitative estimate of drug-likeness (QED) is 0.853. The smallest absolute Gasteiger partial charge is 0.246 e. The van der Waals surface area contributed by atoms with Gasteiger partial charge in [0.25, 0.3) is 0 Å². The van der Waals surface area contributed by atoms with E-state index in [1.54, 1.807) is 30.0 Å². The number of anilines is 1. The number of sulfonamides is 1. The number of hydrogen-bond acceptors (Lipinski definition) is 3. The Kier molecular flexibility index (Phi) is 5.11. The maximum absolute atomic E-state index is 12.7. The third-order valence-corrected chi connectivity index (χ3v) is 5.23. The van der Waals surface area contributed by atoms with Crippen LogP contribution in [0.4, 0.5) is 5.69 Å². The Morgan fingerprint density at radius 2 is 1.86 bits per heavy atom. The number of amides is 1. The number of benzene rings is 1. The van der Waals surface area contributed by atoms with Crippen LogP contribution in [0.15, 0.2) is 24.3 Å². The van der Waals surface area contributed by atoms with Crippen molar-refractivity contribution in [1.29, 1.82) is 0 Å². The highest BCUT2D eigenvalue weighted by molar-refractivity contribution is 7.92. The van der Waals surface area contributed by atoms with Crippen molar-refractivity contribution in [2.24, 2.45) is 0 Å². The van der Waals surface area contributed by atoms with Gasteiger partial charge < -0.3 is 4.90 Å². The highest BCUT2D eigenvalue weighted by atomic mass is 32.2. The summed E-state index contributed by atoms with van der Waals surface area (Å²) in [7, 11) is -3.53. The Hall–Kier alpha value is -1.56. The number of carbonyl (C=O) groups is 1. The summed E-state index contributed by atoms with van der Waals surface area (Å²) in [5.41, 5.74) is 1.50. The maximum atomic E-state index is 12.7. The second kappa shape index (κ2) is 6.69. The first-order chi connectivity index (χ1) is 10.3. The van der Waals surface area contributed by atoms with Gasteiger partial charge in [0.2, 0.25) is 15.9 Å². The van der Waals surface area contributed by atoms with Crippen LogP contribution in [-0.2, 0) is 14.8 Å². The van der Waals surface area contributed by atoms with Crippen LogP contribution in [0.3, 0.4) is 0 Å². The topological polar surface area (TPSA) is 57.7 Å². The van der Waals surface area contributed by atoms with E-state index in [9.17, 15) is 13.2 Å². The molecule has 1 saturated heterocycles. The highest BCUT2D eigenvalue weighted by Gasteiger charge is 2.32. The molecule has 1 aromatic rings. The van der Waals surface area contributed by atoms with Gasteiger partial charge in [-0.25, -0.2) is 8.42 Å². The first kappa shape index (κ1) is 16.8. The summed E-state index contributed by atoms with van der Waals surface area (Å²) in [6, 6.07) is 6.51. The summed E-state index contributed by atoms with van der Waals surface area (Å²) >= 11 is 0. The molecule has 0 N–H and O–H groups in total. The molecule has 1 atom stereocenters. The molecule has 0 spiro atoms. The van der Waals surface area contributed by atoms with Gasteiger partial charge >= 0.3 is 0 Å². The Bertz CT molecular complexity index is 637. The number of rotatable bonds is 4. The summed E-state index contributed by atoms with van der Waals surface area (Å²) in [4.78, 5) is 14.4. The third-order valence-electron chi connectivity index (χ3n) is 3.99. The van der Waals surface area contributed by atoms with E-state index in [1.807, 2.05) is 13.0 Å². The second-order valence-corrected chi connectivity index (χ2v) is 7.82. The van der Waals surface area contributed by atoms with Crippen LogP contribution < -0.4 is 4.31 Å². The summed E-state index contributed by atoms with van der Waals surface area (Å²) < 4.78 is 25.7. The lowest BCUT2D eigenvalue weighted by Crippen LogP contribution is -2.50. The summed E-state index contributed by atoms with van der Waals surface area (Å²) in [6.07, 6.45) is 4.25. The molecular weight excluding hydrogens is 300 g/mol. The van der Waals surface area contributed by atoms with E-state index < -0.39 is 16.1 Å². The van der Waals surface area contributed by atoms with Gasteiger partial charge in [-0.05, 0) is 50.8 Å². The molecule has 1 amide bonds. The number of likely N-dealkylation sites (tertiary alicyclic amines) is 1. The highest BCUT2D eigenvalue weighted by Crippen LogP contribution is 2.23. The Balaban J connectivity index is 2.31. The lowest BCUT2D eigenvalue weighted by Gasteiger charge is -2.34. The van der Waals surface area contributed by atoms with Gasteiger partial charge in [0.05, 0.1) is 11.9 Å². The largest absolute Gasteiger partial charge is 0.341 e. The molecule has 1 fully saturated rings. The molecule has 0 saturated carbocycles. The molecule has 0 unspecified atom stereocenters.